The van der Waals surface area contributed by atoms with Gasteiger partial charge in [-0.15, -0.1) is 0 Å². The topological polar surface area (TPSA) is 29.5 Å². The minimum absolute atomic E-state index is 0.00486. The van der Waals surface area contributed by atoms with Gasteiger partial charge in [0.2, 0.25) is 5.82 Å². The van der Waals surface area contributed by atoms with E-state index < -0.39 is 14.1 Å². The predicted octanol–water partition coefficient (Wildman–Crippen LogP) is 3.92. The molecule has 0 aromatic heterocycles. The predicted molar refractivity (Wildman–Crippen MR) is 65.9 cm³/mol. The zero-order valence-electron chi connectivity index (χ0n) is 10.5. The van der Waals surface area contributed by atoms with Gasteiger partial charge < -0.3 is 9.53 Å². The van der Waals surface area contributed by atoms with Crippen LogP contribution in [0, 0.1) is 5.82 Å². The Morgan fingerprint density at radius 2 is 1.81 bits per heavy atom. The van der Waals surface area contributed by atoms with Gasteiger partial charge >= 0.3 is 0 Å². The standard InChI is InChI=1S/C12H19FO2Si/c1-12(2,3)16(4,5)15-10-8-6-7-9(14)11(10)13/h6-8,14H,1-5H3. The van der Waals surface area contributed by atoms with Crippen LogP contribution in [-0.4, -0.2) is 13.4 Å². The van der Waals surface area contributed by atoms with Crippen molar-refractivity contribution in [1.29, 1.82) is 0 Å². The summed E-state index contributed by atoms with van der Waals surface area (Å²) in [6.07, 6.45) is 0. The number of phenolic OH excluding ortho intramolecular Hbond substituents is 1. The van der Waals surface area contributed by atoms with Gasteiger partial charge in [-0.1, -0.05) is 26.8 Å². The molecule has 0 heterocycles. The summed E-state index contributed by atoms with van der Waals surface area (Å²) in [6.45, 7) is 10.3. The number of hydrogen-bond acceptors (Lipinski definition) is 2. The fourth-order valence-electron chi connectivity index (χ4n) is 1.01. The number of phenols is 1. The molecule has 2 nitrogen and oxygen atoms in total. The summed E-state index contributed by atoms with van der Waals surface area (Å²) in [5.41, 5.74) is 0. The van der Waals surface area contributed by atoms with E-state index in [1.165, 1.54) is 6.07 Å². The molecule has 16 heavy (non-hydrogen) atoms. The molecular weight excluding hydrogens is 223 g/mol. The Balaban J connectivity index is 3.02. The molecule has 0 aliphatic heterocycles. The molecule has 4 heteroatoms. The molecule has 0 radical (unpaired) electrons. The fourth-order valence-corrected chi connectivity index (χ4v) is 2.02. The SMILES string of the molecule is CC(C)(C)[Si](C)(C)Oc1cccc(O)c1F. The van der Waals surface area contributed by atoms with Crippen LogP contribution < -0.4 is 4.43 Å². The van der Waals surface area contributed by atoms with E-state index in [-0.39, 0.29) is 16.5 Å². The van der Waals surface area contributed by atoms with Crippen LogP contribution in [0.1, 0.15) is 20.8 Å². The molecule has 0 aliphatic carbocycles. The second-order valence-electron chi connectivity index (χ2n) is 5.45. The second kappa shape index (κ2) is 4.09. The third-order valence-corrected chi connectivity index (χ3v) is 7.46. The van der Waals surface area contributed by atoms with Crippen molar-refractivity contribution >= 4 is 8.32 Å². The monoisotopic (exact) mass is 242 g/mol. The van der Waals surface area contributed by atoms with Gasteiger partial charge in [-0.05, 0) is 30.3 Å². The Kier molecular flexibility index (Phi) is 3.33. The molecule has 0 aliphatic rings. The highest BCUT2D eigenvalue weighted by atomic mass is 28.4. The first-order valence-corrected chi connectivity index (χ1v) is 8.22. The molecule has 0 fully saturated rings. The lowest BCUT2D eigenvalue weighted by Gasteiger charge is -2.36. The maximum absolute atomic E-state index is 13.6. The van der Waals surface area contributed by atoms with E-state index >= 15 is 0 Å². The van der Waals surface area contributed by atoms with Gasteiger partial charge in [0, 0.05) is 0 Å². The zero-order valence-corrected chi connectivity index (χ0v) is 11.5. The summed E-state index contributed by atoms with van der Waals surface area (Å²) in [5, 5.41) is 9.27. The van der Waals surface area contributed by atoms with Crippen LogP contribution in [0.3, 0.4) is 0 Å². The Morgan fingerprint density at radius 3 is 2.31 bits per heavy atom. The minimum Gasteiger partial charge on any atom is -0.541 e. The average Bonchev–Trinajstić information content (AvgIpc) is 2.11. The largest absolute Gasteiger partial charge is 0.541 e. The van der Waals surface area contributed by atoms with Crippen molar-refractivity contribution < 1.29 is 13.9 Å². The number of rotatable bonds is 2. The van der Waals surface area contributed by atoms with Crippen molar-refractivity contribution in [1.82, 2.24) is 0 Å². The lowest BCUT2D eigenvalue weighted by atomic mass is 10.2. The summed E-state index contributed by atoms with van der Waals surface area (Å²) in [6, 6.07) is 4.45. The molecule has 90 valence electrons. The fraction of sp³-hybridized carbons (Fsp3) is 0.500. The van der Waals surface area contributed by atoms with Gasteiger partial charge in [0.1, 0.15) is 5.75 Å². The molecule has 1 N–H and O–H groups in total. The lowest BCUT2D eigenvalue weighted by Crippen LogP contribution is -2.44. The second-order valence-corrected chi connectivity index (χ2v) is 10.2. The van der Waals surface area contributed by atoms with E-state index in [2.05, 4.69) is 20.8 Å². The highest BCUT2D eigenvalue weighted by Gasteiger charge is 2.39. The van der Waals surface area contributed by atoms with E-state index in [0.717, 1.165) is 0 Å². The van der Waals surface area contributed by atoms with Crippen molar-refractivity contribution in [2.75, 3.05) is 0 Å². The van der Waals surface area contributed by atoms with Crippen molar-refractivity contribution in [2.45, 2.75) is 38.9 Å². The summed E-state index contributed by atoms with van der Waals surface area (Å²) in [7, 11) is -2.05. The summed E-state index contributed by atoms with van der Waals surface area (Å²) >= 11 is 0. The van der Waals surface area contributed by atoms with Crippen LogP contribution in [0.15, 0.2) is 18.2 Å². The van der Waals surface area contributed by atoms with Gasteiger partial charge in [-0.2, -0.15) is 4.39 Å². The first-order valence-electron chi connectivity index (χ1n) is 5.31. The lowest BCUT2D eigenvalue weighted by molar-refractivity contribution is 0.403. The van der Waals surface area contributed by atoms with E-state index in [1.54, 1.807) is 12.1 Å². The summed E-state index contributed by atoms with van der Waals surface area (Å²) < 4.78 is 19.3. The van der Waals surface area contributed by atoms with Crippen LogP contribution in [0.5, 0.6) is 11.5 Å². The Morgan fingerprint density at radius 1 is 1.25 bits per heavy atom. The normalized spacial score (nSPS) is 12.6. The van der Waals surface area contributed by atoms with Gasteiger partial charge in [0.05, 0.1) is 0 Å². The molecule has 1 rings (SSSR count). The molecule has 1 aromatic rings. The Hall–Kier alpha value is -1.03. The highest BCUT2D eigenvalue weighted by Crippen LogP contribution is 2.38. The highest BCUT2D eigenvalue weighted by molar-refractivity contribution is 6.74. The molecular formula is C12H19FO2Si. The van der Waals surface area contributed by atoms with Crippen molar-refractivity contribution in [3.8, 4) is 11.5 Å². The van der Waals surface area contributed by atoms with Gasteiger partial charge in [0.15, 0.2) is 5.75 Å². The van der Waals surface area contributed by atoms with E-state index in [0.29, 0.717) is 0 Å². The molecule has 0 amide bonds. The summed E-state index contributed by atoms with van der Waals surface area (Å²) in [5.74, 6) is -0.893. The van der Waals surface area contributed by atoms with E-state index in [9.17, 15) is 9.50 Å². The zero-order chi connectivity index (χ0) is 12.6. The third-order valence-electron chi connectivity index (χ3n) is 3.11. The smallest absolute Gasteiger partial charge is 0.250 e. The molecule has 0 saturated carbocycles. The number of aromatic hydroxyl groups is 1. The van der Waals surface area contributed by atoms with Gasteiger partial charge in [-0.25, -0.2) is 0 Å². The van der Waals surface area contributed by atoms with Crippen LogP contribution in [-0.2, 0) is 0 Å². The van der Waals surface area contributed by atoms with Crippen LogP contribution >= 0.6 is 0 Å². The molecule has 0 unspecified atom stereocenters. The minimum atomic E-state index is -2.05. The molecule has 0 bridgehead atoms. The number of benzene rings is 1. The number of halogens is 1. The van der Waals surface area contributed by atoms with Crippen LogP contribution in [0.25, 0.3) is 0 Å². The Bertz CT molecular complexity index is 383. The molecule has 0 atom stereocenters. The Labute approximate surface area is 97.2 Å². The van der Waals surface area contributed by atoms with Gasteiger partial charge in [0.25, 0.3) is 8.32 Å². The molecule has 0 spiro atoms. The van der Waals surface area contributed by atoms with E-state index in [4.69, 9.17) is 4.43 Å². The molecule has 1 aromatic carbocycles. The van der Waals surface area contributed by atoms with Crippen molar-refractivity contribution in [3.63, 3.8) is 0 Å². The van der Waals surface area contributed by atoms with Crippen molar-refractivity contribution in [2.24, 2.45) is 0 Å². The van der Waals surface area contributed by atoms with Crippen molar-refractivity contribution in [3.05, 3.63) is 24.0 Å². The van der Waals surface area contributed by atoms with Crippen LogP contribution in [0.4, 0.5) is 4.39 Å². The maximum atomic E-state index is 13.6. The average molecular weight is 242 g/mol. The first kappa shape index (κ1) is 13.0. The number of hydrogen-bond donors (Lipinski definition) is 1. The van der Waals surface area contributed by atoms with Gasteiger partial charge in [-0.3, -0.25) is 0 Å². The summed E-state index contributed by atoms with van der Waals surface area (Å²) in [4.78, 5) is 0. The first-order chi connectivity index (χ1) is 7.15. The van der Waals surface area contributed by atoms with E-state index in [1.807, 2.05) is 13.1 Å². The molecule has 0 saturated heterocycles. The third kappa shape index (κ3) is 2.55. The maximum Gasteiger partial charge on any atom is 0.250 e. The quantitative estimate of drug-likeness (QED) is 0.797. The van der Waals surface area contributed by atoms with Crippen LogP contribution in [0.2, 0.25) is 18.1 Å².